The van der Waals surface area contributed by atoms with Gasteiger partial charge in [0.05, 0.1) is 5.41 Å². The highest BCUT2D eigenvalue weighted by Crippen LogP contribution is 2.64. The molecular formula is C44H32Br2. The lowest BCUT2D eigenvalue weighted by molar-refractivity contribution is 0.420. The number of benzene rings is 6. The Kier molecular flexibility index (Phi) is 6.04. The van der Waals surface area contributed by atoms with Crippen LogP contribution in [0.2, 0.25) is 0 Å². The summed E-state index contributed by atoms with van der Waals surface area (Å²) < 4.78 is 2.28. The lowest BCUT2D eigenvalue weighted by atomic mass is 9.70. The van der Waals surface area contributed by atoms with Gasteiger partial charge in [0, 0.05) is 8.95 Å². The molecule has 0 saturated heterocycles. The summed E-state index contributed by atoms with van der Waals surface area (Å²) in [4.78, 5) is 0. The second-order valence-electron chi connectivity index (χ2n) is 13.9. The fourth-order valence-electron chi connectivity index (χ4n) is 9.80. The van der Waals surface area contributed by atoms with Gasteiger partial charge in [0.25, 0.3) is 0 Å². The minimum atomic E-state index is -0.387. The Hall–Kier alpha value is -3.72. The summed E-state index contributed by atoms with van der Waals surface area (Å²) in [5.74, 6) is 2.62. The number of hydrogen-bond acceptors (Lipinski definition) is 0. The zero-order valence-electron chi connectivity index (χ0n) is 25.4. The molecule has 10 rings (SSSR count). The van der Waals surface area contributed by atoms with Crippen molar-refractivity contribution in [1.82, 2.24) is 0 Å². The van der Waals surface area contributed by atoms with E-state index in [0.29, 0.717) is 0 Å². The highest BCUT2D eigenvalue weighted by atomic mass is 79.9. The molecule has 4 aliphatic carbocycles. The van der Waals surface area contributed by atoms with E-state index in [1.807, 2.05) is 0 Å². The second-order valence-corrected chi connectivity index (χ2v) is 15.6. The van der Waals surface area contributed by atoms with Gasteiger partial charge in [-0.2, -0.15) is 0 Å². The van der Waals surface area contributed by atoms with Gasteiger partial charge in [0.1, 0.15) is 0 Å². The predicted molar refractivity (Wildman–Crippen MR) is 197 cm³/mol. The van der Waals surface area contributed by atoms with Crippen molar-refractivity contribution < 1.29 is 0 Å². The minimum Gasteiger partial charge on any atom is -0.0622 e. The van der Waals surface area contributed by atoms with Gasteiger partial charge in [0.2, 0.25) is 0 Å². The lowest BCUT2D eigenvalue weighted by Crippen LogP contribution is -2.26. The Bertz CT molecular complexity index is 2200. The largest absolute Gasteiger partial charge is 0.0726 e. The first-order chi connectivity index (χ1) is 22.6. The number of halogens is 2. The monoisotopic (exact) mass is 718 g/mol. The average Bonchev–Trinajstić information content (AvgIpc) is 3.86. The minimum absolute atomic E-state index is 0.387. The highest BCUT2D eigenvalue weighted by molar-refractivity contribution is 9.11. The van der Waals surface area contributed by atoms with E-state index in [1.54, 1.807) is 0 Å². The van der Waals surface area contributed by atoms with E-state index in [2.05, 4.69) is 159 Å². The van der Waals surface area contributed by atoms with Crippen molar-refractivity contribution in [2.75, 3.05) is 0 Å². The topological polar surface area (TPSA) is 0 Å². The van der Waals surface area contributed by atoms with E-state index in [4.69, 9.17) is 0 Å². The molecule has 222 valence electrons. The average molecular weight is 721 g/mol. The van der Waals surface area contributed by atoms with E-state index < -0.39 is 0 Å². The normalized spacial score (nSPS) is 23.0. The van der Waals surface area contributed by atoms with Crippen molar-refractivity contribution >= 4 is 31.9 Å². The summed E-state index contributed by atoms with van der Waals surface area (Å²) in [6.07, 6.45) is 5.70. The van der Waals surface area contributed by atoms with Gasteiger partial charge in [0.15, 0.2) is 0 Å². The SMILES string of the molecule is Brc1cc2c(cc1-c1ccccc1)-c1ccccc1C21c2ccccc2-c2cc(-c3ccc(C4CC5CCC4C5)cc3)c(Br)cc21. The van der Waals surface area contributed by atoms with Crippen LogP contribution in [0.5, 0.6) is 0 Å². The standard InChI is InChI=1S/C44H32Br2/c45-42-24-40-36(22-34(42)27-8-2-1-3-9-27)31-10-4-6-12-38(31)44(40)39-13-7-5-11-32(39)37-23-35(43(46)25-41(37)44)29-18-16-28(17-19-29)33-21-26-14-15-30(33)20-26/h1-13,16-19,22-26,30,33H,14-15,20-21H2. The maximum Gasteiger partial charge on any atom is 0.0726 e. The molecule has 4 aliphatic rings. The van der Waals surface area contributed by atoms with Crippen LogP contribution in [0.3, 0.4) is 0 Å². The zero-order chi connectivity index (χ0) is 30.6. The molecule has 2 fully saturated rings. The molecule has 2 bridgehead atoms. The van der Waals surface area contributed by atoms with E-state index in [0.717, 1.165) is 26.7 Å². The quantitative estimate of drug-likeness (QED) is 0.170. The van der Waals surface area contributed by atoms with Crippen LogP contribution in [-0.2, 0) is 5.41 Å². The van der Waals surface area contributed by atoms with E-state index >= 15 is 0 Å². The first-order valence-electron chi connectivity index (χ1n) is 16.6. The molecule has 1 spiro atoms. The first-order valence-corrected chi connectivity index (χ1v) is 18.2. The van der Waals surface area contributed by atoms with Gasteiger partial charge in [-0.05, 0) is 134 Å². The van der Waals surface area contributed by atoms with Gasteiger partial charge in [-0.1, -0.05) is 141 Å². The molecular weight excluding hydrogens is 688 g/mol. The van der Waals surface area contributed by atoms with Gasteiger partial charge in [-0.25, -0.2) is 0 Å². The van der Waals surface area contributed by atoms with Crippen LogP contribution in [-0.4, -0.2) is 0 Å². The first kappa shape index (κ1) is 27.4. The van der Waals surface area contributed by atoms with Gasteiger partial charge < -0.3 is 0 Å². The summed E-state index contributed by atoms with van der Waals surface area (Å²) >= 11 is 8.13. The third-order valence-electron chi connectivity index (χ3n) is 11.7. The van der Waals surface area contributed by atoms with Crippen molar-refractivity contribution in [3.8, 4) is 44.5 Å². The Morgan fingerprint density at radius 2 is 1.00 bits per heavy atom. The Labute approximate surface area is 287 Å². The molecule has 4 atom stereocenters. The fraction of sp³-hybridized carbons (Fsp3) is 0.182. The lowest BCUT2D eigenvalue weighted by Gasteiger charge is -2.31. The van der Waals surface area contributed by atoms with Crippen LogP contribution >= 0.6 is 31.9 Å². The van der Waals surface area contributed by atoms with Crippen LogP contribution in [0.15, 0.2) is 136 Å². The van der Waals surface area contributed by atoms with Crippen molar-refractivity contribution in [2.45, 2.75) is 37.0 Å². The van der Waals surface area contributed by atoms with Gasteiger partial charge in [-0.15, -0.1) is 0 Å². The van der Waals surface area contributed by atoms with Crippen LogP contribution in [0.4, 0.5) is 0 Å². The molecule has 0 heterocycles. The molecule has 0 N–H and O–H groups in total. The third kappa shape index (κ3) is 3.72. The Morgan fingerprint density at radius 3 is 1.54 bits per heavy atom. The molecule has 46 heavy (non-hydrogen) atoms. The summed E-state index contributed by atoms with van der Waals surface area (Å²) in [6.45, 7) is 0. The molecule has 6 aromatic rings. The smallest absolute Gasteiger partial charge is 0.0622 e. The molecule has 0 aliphatic heterocycles. The second kappa shape index (κ2) is 10.1. The molecule has 0 aromatic heterocycles. The predicted octanol–water partition coefficient (Wildman–Crippen LogP) is 12.8. The fourth-order valence-corrected chi connectivity index (χ4v) is 10.9. The number of rotatable bonds is 3. The van der Waals surface area contributed by atoms with Crippen LogP contribution < -0.4 is 0 Å². The Balaban J connectivity index is 1.17. The highest BCUT2D eigenvalue weighted by Gasteiger charge is 2.52. The van der Waals surface area contributed by atoms with Gasteiger partial charge in [-0.3, -0.25) is 0 Å². The summed E-state index contributed by atoms with van der Waals surface area (Å²) in [6, 6.07) is 48.1. The van der Waals surface area contributed by atoms with Crippen molar-refractivity contribution in [3.63, 3.8) is 0 Å². The summed E-state index contributed by atoms with van der Waals surface area (Å²) in [5, 5.41) is 0. The molecule has 6 aromatic carbocycles. The van der Waals surface area contributed by atoms with Crippen LogP contribution in [0, 0.1) is 11.8 Å². The van der Waals surface area contributed by atoms with Crippen LogP contribution in [0.25, 0.3) is 44.5 Å². The van der Waals surface area contributed by atoms with Crippen molar-refractivity contribution in [2.24, 2.45) is 11.8 Å². The Morgan fingerprint density at radius 1 is 0.457 bits per heavy atom. The number of hydrogen-bond donors (Lipinski definition) is 0. The molecule has 4 unspecified atom stereocenters. The van der Waals surface area contributed by atoms with Crippen molar-refractivity contribution in [1.29, 1.82) is 0 Å². The molecule has 0 radical (unpaired) electrons. The maximum atomic E-state index is 4.10. The van der Waals surface area contributed by atoms with E-state index in [-0.39, 0.29) is 5.41 Å². The summed E-state index contributed by atoms with van der Waals surface area (Å²) in [7, 11) is 0. The third-order valence-corrected chi connectivity index (χ3v) is 13.0. The van der Waals surface area contributed by atoms with Crippen LogP contribution in [0.1, 0.15) is 59.4 Å². The molecule has 2 heteroatoms. The van der Waals surface area contributed by atoms with E-state index in [9.17, 15) is 0 Å². The maximum absolute atomic E-state index is 4.10. The summed E-state index contributed by atoms with van der Waals surface area (Å²) in [5.41, 5.74) is 16.9. The van der Waals surface area contributed by atoms with Gasteiger partial charge >= 0.3 is 0 Å². The molecule has 0 amide bonds. The molecule has 0 nitrogen and oxygen atoms in total. The zero-order valence-corrected chi connectivity index (χ0v) is 28.6. The molecule has 2 saturated carbocycles. The van der Waals surface area contributed by atoms with E-state index in [1.165, 1.54) is 98.0 Å². The number of fused-ring (bicyclic) bond motifs is 12. The van der Waals surface area contributed by atoms with Crippen molar-refractivity contribution in [3.05, 3.63) is 164 Å².